The summed E-state index contributed by atoms with van der Waals surface area (Å²) in [7, 11) is 0. The van der Waals surface area contributed by atoms with Gasteiger partial charge < -0.3 is 19.7 Å². The van der Waals surface area contributed by atoms with Crippen LogP contribution in [0.5, 0.6) is 0 Å². The van der Waals surface area contributed by atoms with E-state index in [0.717, 1.165) is 30.8 Å². The molecule has 3 heterocycles. The third kappa shape index (κ3) is 3.50. The van der Waals surface area contributed by atoms with Crippen LogP contribution in [0.15, 0.2) is 29.1 Å². The highest BCUT2D eigenvalue weighted by atomic mass is 16.3. The van der Waals surface area contributed by atoms with Crippen molar-refractivity contribution in [2.45, 2.75) is 32.4 Å². The van der Waals surface area contributed by atoms with Crippen molar-refractivity contribution in [1.29, 1.82) is 0 Å². The van der Waals surface area contributed by atoms with Gasteiger partial charge >= 0.3 is 0 Å². The lowest BCUT2D eigenvalue weighted by atomic mass is 10.1. The molecule has 1 aliphatic rings. The van der Waals surface area contributed by atoms with E-state index in [4.69, 9.17) is 4.42 Å². The van der Waals surface area contributed by atoms with Crippen molar-refractivity contribution in [3.8, 4) is 0 Å². The summed E-state index contributed by atoms with van der Waals surface area (Å²) < 4.78 is 5.09. The van der Waals surface area contributed by atoms with E-state index >= 15 is 0 Å². The molecule has 1 atom stereocenters. The number of nitrogens with one attached hydrogen (secondary N) is 1. The first-order valence-electron chi connectivity index (χ1n) is 7.70. The molecule has 3 rings (SSSR count). The molecule has 7 nitrogen and oxygen atoms in total. The molecule has 1 fully saturated rings. The molecule has 0 aromatic carbocycles. The zero-order valence-electron chi connectivity index (χ0n) is 13.0. The molecule has 1 amide bonds. The van der Waals surface area contributed by atoms with Crippen LogP contribution in [0.4, 0.5) is 5.82 Å². The summed E-state index contributed by atoms with van der Waals surface area (Å²) in [6.07, 6.45) is 4.41. The zero-order valence-corrected chi connectivity index (χ0v) is 13.0. The van der Waals surface area contributed by atoms with Crippen LogP contribution in [0.3, 0.4) is 0 Å². The predicted molar refractivity (Wildman–Crippen MR) is 84.1 cm³/mol. The number of hydrogen-bond acceptors (Lipinski definition) is 6. The van der Waals surface area contributed by atoms with Crippen LogP contribution in [0.2, 0.25) is 0 Å². The first-order chi connectivity index (χ1) is 11.1. The molecule has 1 aliphatic heterocycles. The zero-order chi connectivity index (χ0) is 16.2. The maximum Gasteiger partial charge on any atom is 0.289 e. The molecule has 2 aromatic rings. The standard InChI is InChI=1S/C16H20N4O3/c1-11-14(23-10-19-11)16(22)18-8-12-4-2-6-17-15(12)20-7-3-5-13(21)9-20/h2,4,6,10,13,21H,3,5,7-9H2,1H3,(H,18,22)/t13-/m0/s1. The summed E-state index contributed by atoms with van der Waals surface area (Å²) in [6.45, 7) is 3.49. The number of pyridine rings is 1. The first kappa shape index (κ1) is 15.5. The monoisotopic (exact) mass is 316 g/mol. The number of rotatable bonds is 4. The highest BCUT2D eigenvalue weighted by molar-refractivity contribution is 5.92. The van der Waals surface area contributed by atoms with Gasteiger partial charge in [0.15, 0.2) is 6.39 Å². The van der Waals surface area contributed by atoms with E-state index in [9.17, 15) is 9.90 Å². The molecule has 7 heteroatoms. The summed E-state index contributed by atoms with van der Waals surface area (Å²) in [5.74, 6) is 0.734. The van der Waals surface area contributed by atoms with Crippen molar-refractivity contribution in [3.63, 3.8) is 0 Å². The van der Waals surface area contributed by atoms with Crippen molar-refractivity contribution in [2.75, 3.05) is 18.0 Å². The number of β-amino-alcohol motifs (C(OH)–C–C–N with tert-alkyl or cyclic N) is 1. The van der Waals surface area contributed by atoms with Crippen LogP contribution in [0, 0.1) is 6.92 Å². The van der Waals surface area contributed by atoms with E-state index in [2.05, 4.69) is 20.2 Å². The van der Waals surface area contributed by atoms with Crippen molar-refractivity contribution < 1.29 is 14.3 Å². The van der Waals surface area contributed by atoms with Gasteiger partial charge in [0, 0.05) is 31.4 Å². The molecular weight excluding hydrogens is 296 g/mol. The van der Waals surface area contributed by atoms with Crippen molar-refractivity contribution in [2.24, 2.45) is 0 Å². The fourth-order valence-corrected chi connectivity index (χ4v) is 2.78. The van der Waals surface area contributed by atoms with Gasteiger partial charge in [0.25, 0.3) is 5.91 Å². The number of aliphatic hydroxyl groups excluding tert-OH is 1. The third-order valence-electron chi connectivity index (χ3n) is 3.95. The second-order valence-corrected chi connectivity index (χ2v) is 5.68. The number of nitrogens with zero attached hydrogens (tertiary/aromatic N) is 3. The largest absolute Gasteiger partial charge is 0.438 e. The van der Waals surface area contributed by atoms with Crippen LogP contribution >= 0.6 is 0 Å². The highest BCUT2D eigenvalue weighted by Gasteiger charge is 2.21. The third-order valence-corrected chi connectivity index (χ3v) is 3.95. The molecule has 0 spiro atoms. The Morgan fingerprint density at radius 1 is 1.52 bits per heavy atom. The van der Waals surface area contributed by atoms with Crippen LogP contribution in [0.25, 0.3) is 0 Å². The van der Waals surface area contributed by atoms with Crippen LogP contribution in [-0.4, -0.2) is 40.2 Å². The number of amides is 1. The fourth-order valence-electron chi connectivity index (χ4n) is 2.78. The van der Waals surface area contributed by atoms with Crippen molar-refractivity contribution in [3.05, 3.63) is 41.7 Å². The van der Waals surface area contributed by atoms with Gasteiger partial charge in [-0.05, 0) is 25.8 Å². The van der Waals surface area contributed by atoms with Gasteiger partial charge in [0.05, 0.1) is 11.8 Å². The maximum atomic E-state index is 12.1. The number of carbonyl (C=O) groups excluding carboxylic acids is 1. The Morgan fingerprint density at radius 2 is 2.39 bits per heavy atom. The van der Waals surface area contributed by atoms with Gasteiger partial charge in [0.1, 0.15) is 5.82 Å². The molecule has 0 unspecified atom stereocenters. The van der Waals surface area contributed by atoms with Crippen LogP contribution in [0.1, 0.15) is 34.7 Å². The lowest BCUT2D eigenvalue weighted by molar-refractivity contribution is 0.0922. The number of anilines is 1. The highest BCUT2D eigenvalue weighted by Crippen LogP contribution is 2.21. The molecule has 2 aromatic heterocycles. The van der Waals surface area contributed by atoms with Gasteiger partial charge in [-0.2, -0.15) is 0 Å². The Kier molecular flexibility index (Phi) is 4.57. The maximum absolute atomic E-state index is 12.1. The van der Waals surface area contributed by atoms with Gasteiger partial charge in [-0.1, -0.05) is 6.07 Å². The van der Waals surface area contributed by atoms with Crippen LogP contribution in [-0.2, 0) is 6.54 Å². The fraction of sp³-hybridized carbons (Fsp3) is 0.438. The smallest absolute Gasteiger partial charge is 0.289 e. The number of aromatic nitrogens is 2. The summed E-state index contributed by atoms with van der Waals surface area (Å²) in [5, 5.41) is 12.7. The number of hydrogen-bond donors (Lipinski definition) is 2. The summed E-state index contributed by atoms with van der Waals surface area (Å²) >= 11 is 0. The molecule has 0 radical (unpaired) electrons. The minimum absolute atomic E-state index is 0.226. The molecular formula is C16H20N4O3. The van der Waals surface area contributed by atoms with Gasteiger partial charge in [-0.25, -0.2) is 9.97 Å². The molecule has 2 N–H and O–H groups in total. The lowest BCUT2D eigenvalue weighted by Crippen LogP contribution is -2.39. The number of carbonyl (C=O) groups is 1. The molecule has 0 bridgehead atoms. The van der Waals surface area contributed by atoms with E-state index in [-0.39, 0.29) is 17.8 Å². The van der Waals surface area contributed by atoms with E-state index in [0.29, 0.717) is 18.8 Å². The van der Waals surface area contributed by atoms with Crippen LogP contribution < -0.4 is 10.2 Å². The number of piperidine rings is 1. The normalized spacial score (nSPS) is 18.0. The van der Waals surface area contributed by atoms with Crippen molar-refractivity contribution in [1.82, 2.24) is 15.3 Å². The Balaban J connectivity index is 1.71. The lowest BCUT2D eigenvalue weighted by Gasteiger charge is -2.32. The average Bonchev–Trinajstić information content (AvgIpc) is 2.99. The molecule has 0 aliphatic carbocycles. The molecule has 23 heavy (non-hydrogen) atoms. The summed E-state index contributed by atoms with van der Waals surface area (Å²) in [4.78, 5) is 22.5. The van der Waals surface area contributed by atoms with E-state index in [1.165, 1.54) is 6.39 Å². The summed E-state index contributed by atoms with van der Waals surface area (Å²) in [6, 6.07) is 3.77. The van der Waals surface area contributed by atoms with E-state index in [1.807, 2.05) is 12.1 Å². The number of oxazole rings is 1. The van der Waals surface area contributed by atoms with Gasteiger partial charge in [-0.3, -0.25) is 4.79 Å². The Labute approximate surface area is 134 Å². The second kappa shape index (κ2) is 6.78. The predicted octanol–water partition coefficient (Wildman–Crippen LogP) is 1.27. The Morgan fingerprint density at radius 3 is 3.13 bits per heavy atom. The SMILES string of the molecule is Cc1ncoc1C(=O)NCc1cccnc1N1CCC[C@H](O)C1. The quantitative estimate of drug-likeness (QED) is 0.882. The molecule has 0 saturated carbocycles. The average molecular weight is 316 g/mol. The molecule has 122 valence electrons. The minimum atomic E-state index is -0.329. The minimum Gasteiger partial charge on any atom is -0.438 e. The summed E-state index contributed by atoms with van der Waals surface area (Å²) in [5.41, 5.74) is 1.47. The van der Waals surface area contributed by atoms with E-state index in [1.54, 1.807) is 13.1 Å². The van der Waals surface area contributed by atoms with Gasteiger partial charge in [-0.15, -0.1) is 0 Å². The Hall–Kier alpha value is -2.41. The van der Waals surface area contributed by atoms with E-state index < -0.39 is 0 Å². The van der Waals surface area contributed by atoms with Gasteiger partial charge in [0.2, 0.25) is 5.76 Å². The Bertz CT molecular complexity index is 685. The second-order valence-electron chi connectivity index (χ2n) is 5.68. The van der Waals surface area contributed by atoms with Crippen molar-refractivity contribution >= 4 is 11.7 Å². The number of aliphatic hydroxyl groups is 1. The first-order valence-corrected chi connectivity index (χ1v) is 7.70. The topological polar surface area (TPSA) is 91.5 Å². The molecule has 1 saturated heterocycles. The number of aryl methyl sites for hydroxylation is 1.